The van der Waals surface area contributed by atoms with E-state index in [-0.39, 0.29) is 11.3 Å². The fourth-order valence-electron chi connectivity index (χ4n) is 4.47. The average molecular weight is 416 g/mol. The molecule has 1 amide bonds. The Kier molecular flexibility index (Phi) is 4.72. The lowest BCUT2D eigenvalue weighted by molar-refractivity contribution is 0.0485. The Labute approximate surface area is 173 Å². The van der Waals surface area contributed by atoms with Crippen LogP contribution in [-0.4, -0.2) is 88.2 Å². The molecule has 5 rings (SSSR count). The van der Waals surface area contributed by atoms with Gasteiger partial charge in [0.1, 0.15) is 4.88 Å². The van der Waals surface area contributed by atoms with Gasteiger partial charge in [-0.2, -0.15) is 0 Å². The Morgan fingerprint density at radius 1 is 1.24 bits per heavy atom. The standard InChI is InChI=1S/C19H25N7O2S/c1-13-15(29-23-22-13)17(27)26-4-3-19(11-26)12-28-10-14-9-20-18(21-16(14)19)25-7-5-24(2)6-8-25/h9H,3-8,10-12H2,1-2H3/t19-/m0/s1. The maximum Gasteiger partial charge on any atom is 0.267 e. The van der Waals surface area contributed by atoms with Crippen LogP contribution in [0.2, 0.25) is 0 Å². The first kappa shape index (κ1) is 18.8. The molecule has 0 radical (unpaired) electrons. The van der Waals surface area contributed by atoms with Crippen molar-refractivity contribution < 1.29 is 9.53 Å². The zero-order valence-electron chi connectivity index (χ0n) is 16.8. The number of nitrogens with zero attached hydrogens (tertiary/aromatic N) is 7. The number of ether oxygens (including phenoxy) is 1. The van der Waals surface area contributed by atoms with E-state index in [0.717, 1.165) is 49.8 Å². The van der Waals surface area contributed by atoms with Gasteiger partial charge in [-0.25, -0.2) is 9.97 Å². The summed E-state index contributed by atoms with van der Waals surface area (Å²) in [6, 6.07) is 0. The number of aromatic nitrogens is 4. The van der Waals surface area contributed by atoms with Crippen molar-refractivity contribution in [3.8, 4) is 0 Å². The highest BCUT2D eigenvalue weighted by atomic mass is 32.1. The first-order valence-electron chi connectivity index (χ1n) is 10.0. The van der Waals surface area contributed by atoms with Crippen molar-refractivity contribution in [3.05, 3.63) is 28.0 Å². The van der Waals surface area contributed by atoms with E-state index in [1.807, 2.05) is 18.0 Å². The third kappa shape index (κ3) is 3.28. The van der Waals surface area contributed by atoms with Gasteiger partial charge in [-0.15, -0.1) is 5.10 Å². The number of aryl methyl sites for hydroxylation is 1. The maximum absolute atomic E-state index is 13.0. The van der Waals surface area contributed by atoms with Crippen molar-refractivity contribution in [2.75, 3.05) is 57.8 Å². The summed E-state index contributed by atoms with van der Waals surface area (Å²) in [4.78, 5) is 29.7. The van der Waals surface area contributed by atoms with E-state index in [2.05, 4.69) is 31.4 Å². The van der Waals surface area contributed by atoms with Crippen LogP contribution in [0.1, 0.15) is 33.0 Å². The highest BCUT2D eigenvalue weighted by Crippen LogP contribution is 2.40. The number of amides is 1. The van der Waals surface area contributed by atoms with E-state index in [0.29, 0.717) is 36.9 Å². The Balaban J connectivity index is 1.42. The van der Waals surface area contributed by atoms with Gasteiger partial charge in [-0.05, 0) is 31.9 Å². The van der Waals surface area contributed by atoms with Crippen LogP contribution >= 0.6 is 11.5 Å². The minimum Gasteiger partial charge on any atom is -0.376 e. The second-order valence-corrected chi connectivity index (χ2v) is 9.03. The topological polar surface area (TPSA) is 87.6 Å². The number of anilines is 1. The lowest BCUT2D eigenvalue weighted by Gasteiger charge is -2.36. The molecule has 29 heavy (non-hydrogen) atoms. The van der Waals surface area contributed by atoms with Crippen molar-refractivity contribution in [1.29, 1.82) is 0 Å². The Morgan fingerprint density at radius 3 is 2.83 bits per heavy atom. The Morgan fingerprint density at radius 2 is 2.07 bits per heavy atom. The fraction of sp³-hybridized carbons (Fsp3) is 0.632. The highest BCUT2D eigenvalue weighted by Gasteiger charge is 2.47. The van der Waals surface area contributed by atoms with Crippen LogP contribution < -0.4 is 4.90 Å². The molecule has 9 nitrogen and oxygen atoms in total. The molecule has 2 aromatic rings. The van der Waals surface area contributed by atoms with Crippen LogP contribution in [0.15, 0.2) is 6.20 Å². The minimum atomic E-state index is -0.264. The largest absolute Gasteiger partial charge is 0.376 e. The quantitative estimate of drug-likeness (QED) is 0.709. The number of carbonyl (C=O) groups excluding carboxylic acids is 1. The molecule has 10 heteroatoms. The van der Waals surface area contributed by atoms with Crippen molar-refractivity contribution in [3.63, 3.8) is 0 Å². The molecule has 5 heterocycles. The summed E-state index contributed by atoms with van der Waals surface area (Å²) in [5, 5.41) is 3.98. The molecular weight excluding hydrogens is 390 g/mol. The molecule has 1 spiro atoms. The zero-order valence-corrected chi connectivity index (χ0v) is 17.6. The minimum absolute atomic E-state index is 0.00912. The van der Waals surface area contributed by atoms with E-state index in [4.69, 9.17) is 9.72 Å². The summed E-state index contributed by atoms with van der Waals surface area (Å²) in [6.45, 7) is 8.13. The highest BCUT2D eigenvalue weighted by molar-refractivity contribution is 7.07. The molecule has 0 saturated carbocycles. The molecule has 2 aromatic heterocycles. The predicted molar refractivity (Wildman–Crippen MR) is 108 cm³/mol. The fourth-order valence-corrected chi connectivity index (χ4v) is 5.10. The van der Waals surface area contributed by atoms with Gasteiger partial charge in [0.2, 0.25) is 5.95 Å². The first-order valence-corrected chi connectivity index (χ1v) is 10.8. The van der Waals surface area contributed by atoms with E-state index in [1.54, 1.807) is 0 Å². The molecule has 0 aromatic carbocycles. The first-order chi connectivity index (χ1) is 14.1. The molecule has 0 unspecified atom stereocenters. The van der Waals surface area contributed by atoms with Gasteiger partial charge in [0.25, 0.3) is 5.91 Å². The van der Waals surface area contributed by atoms with Crippen LogP contribution in [0.5, 0.6) is 0 Å². The molecule has 0 bridgehead atoms. The van der Waals surface area contributed by atoms with Crippen LogP contribution in [0.25, 0.3) is 0 Å². The number of hydrogen-bond donors (Lipinski definition) is 0. The lowest BCUT2D eigenvalue weighted by Crippen LogP contribution is -2.46. The van der Waals surface area contributed by atoms with Gasteiger partial charge in [-0.1, -0.05) is 4.49 Å². The van der Waals surface area contributed by atoms with E-state index >= 15 is 0 Å². The smallest absolute Gasteiger partial charge is 0.267 e. The SMILES string of the molecule is Cc1nnsc1C(=O)N1CC[C@@]2(COCc3cnc(N4CCN(C)CC4)nc32)C1. The summed E-state index contributed by atoms with van der Waals surface area (Å²) in [7, 11) is 2.14. The molecule has 1 atom stereocenters. The van der Waals surface area contributed by atoms with Crippen LogP contribution in [0, 0.1) is 6.92 Å². The number of piperazine rings is 1. The second-order valence-electron chi connectivity index (χ2n) is 8.27. The average Bonchev–Trinajstić information content (AvgIpc) is 3.35. The van der Waals surface area contributed by atoms with E-state index in [9.17, 15) is 4.79 Å². The molecule has 3 aliphatic rings. The summed E-state index contributed by atoms with van der Waals surface area (Å²) in [5.74, 6) is 0.806. The molecule has 2 fully saturated rings. The van der Waals surface area contributed by atoms with Gasteiger partial charge in [0.15, 0.2) is 0 Å². The summed E-state index contributed by atoms with van der Waals surface area (Å²) >= 11 is 1.17. The third-order valence-corrected chi connectivity index (χ3v) is 7.08. The summed E-state index contributed by atoms with van der Waals surface area (Å²) < 4.78 is 9.83. The van der Waals surface area contributed by atoms with Crippen LogP contribution in [0.3, 0.4) is 0 Å². The van der Waals surface area contributed by atoms with Gasteiger partial charge < -0.3 is 19.4 Å². The molecule has 3 aliphatic heterocycles. The molecule has 2 saturated heterocycles. The molecule has 154 valence electrons. The number of likely N-dealkylation sites (tertiary alicyclic amines) is 1. The molecule has 0 N–H and O–H groups in total. The number of hydrogen-bond acceptors (Lipinski definition) is 9. The van der Waals surface area contributed by atoms with Crippen LogP contribution in [-0.2, 0) is 16.8 Å². The number of likely N-dealkylation sites (N-methyl/N-ethyl adjacent to an activating group) is 1. The Hall–Kier alpha value is -2.17. The van der Waals surface area contributed by atoms with Crippen molar-refractivity contribution >= 4 is 23.4 Å². The summed E-state index contributed by atoms with van der Waals surface area (Å²) in [5.41, 5.74) is 2.53. The second kappa shape index (κ2) is 7.26. The molecule has 0 aliphatic carbocycles. The normalized spacial score (nSPS) is 24.9. The molecular formula is C19H25N7O2S. The number of fused-ring (bicyclic) bond motifs is 2. The maximum atomic E-state index is 13.0. The van der Waals surface area contributed by atoms with E-state index in [1.165, 1.54) is 11.5 Å². The Bertz CT molecular complexity index is 927. The monoisotopic (exact) mass is 415 g/mol. The van der Waals surface area contributed by atoms with E-state index < -0.39 is 0 Å². The number of carbonyl (C=O) groups is 1. The van der Waals surface area contributed by atoms with Gasteiger partial charge in [0.05, 0.1) is 30.0 Å². The van der Waals surface area contributed by atoms with Crippen molar-refractivity contribution in [1.82, 2.24) is 29.4 Å². The zero-order chi connectivity index (χ0) is 20.0. The predicted octanol–water partition coefficient (Wildman–Crippen LogP) is 0.702. The van der Waals surface area contributed by atoms with Gasteiger partial charge in [-0.3, -0.25) is 4.79 Å². The van der Waals surface area contributed by atoms with Gasteiger partial charge >= 0.3 is 0 Å². The lowest BCUT2D eigenvalue weighted by atomic mass is 9.80. The summed E-state index contributed by atoms with van der Waals surface area (Å²) in [6.07, 6.45) is 2.76. The van der Waals surface area contributed by atoms with Gasteiger partial charge in [0, 0.05) is 51.0 Å². The third-order valence-electron chi connectivity index (χ3n) is 6.26. The van der Waals surface area contributed by atoms with Crippen molar-refractivity contribution in [2.24, 2.45) is 0 Å². The van der Waals surface area contributed by atoms with Crippen LogP contribution in [0.4, 0.5) is 5.95 Å². The van der Waals surface area contributed by atoms with Crippen molar-refractivity contribution in [2.45, 2.75) is 25.4 Å². The number of rotatable bonds is 2.